The van der Waals surface area contributed by atoms with E-state index in [0.717, 1.165) is 12.0 Å². The van der Waals surface area contributed by atoms with E-state index in [2.05, 4.69) is 45.9 Å². The lowest BCUT2D eigenvalue weighted by Gasteiger charge is -2.32. The fourth-order valence-corrected chi connectivity index (χ4v) is 3.82. The highest BCUT2D eigenvalue weighted by Crippen LogP contribution is 2.40. The summed E-state index contributed by atoms with van der Waals surface area (Å²) in [6.07, 6.45) is 16.5. The summed E-state index contributed by atoms with van der Waals surface area (Å²) in [6, 6.07) is 10.0. The predicted octanol–water partition coefficient (Wildman–Crippen LogP) is 7.30. The van der Waals surface area contributed by atoms with Gasteiger partial charge in [-0.3, -0.25) is 0 Å². The molecule has 1 aromatic carbocycles. The van der Waals surface area contributed by atoms with E-state index < -0.39 is 0 Å². The molecule has 0 saturated carbocycles. The van der Waals surface area contributed by atoms with Gasteiger partial charge in [0.25, 0.3) is 0 Å². The Hall–Kier alpha value is -2.61. The number of ether oxygens (including phenoxy) is 1. The molecule has 0 fully saturated rings. The van der Waals surface area contributed by atoms with Crippen LogP contribution in [0.15, 0.2) is 89.1 Å². The lowest BCUT2D eigenvalue weighted by Crippen LogP contribution is -2.19. The van der Waals surface area contributed by atoms with E-state index in [4.69, 9.17) is 4.74 Å². The maximum absolute atomic E-state index is 11.9. The van der Waals surface area contributed by atoms with Crippen LogP contribution in [0.25, 0.3) is 0 Å². The quantitative estimate of drug-likeness (QED) is 0.258. The third kappa shape index (κ3) is 8.02. The first-order chi connectivity index (χ1) is 14.3. The van der Waals surface area contributed by atoms with Crippen LogP contribution in [0.5, 0.6) is 0 Å². The monoisotopic (exact) mass is 404 g/mol. The summed E-state index contributed by atoms with van der Waals surface area (Å²) in [7, 11) is 0. The standard InChI is InChI=1S/C28H36O2/c1-22(16-17-26-24(3)13-10-19-28(26,4)5)11-9-12-23(2)21-27(29)30-20-18-25-14-7-6-8-15-25/h6-9,11-12,14-17,21H,10,13,18-20H2,1-5H3. The van der Waals surface area contributed by atoms with Crippen molar-refractivity contribution in [2.45, 2.75) is 60.3 Å². The minimum atomic E-state index is -0.296. The van der Waals surface area contributed by atoms with Crippen LogP contribution in [-0.4, -0.2) is 12.6 Å². The van der Waals surface area contributed by atoms with Crippen LogP contribution in [0.1, 0.15) is 59.4 Å². The number of esters is 1. The van der Waals surface area contributed by atoms with E-state index in [-0.39, 0.29) is 11.4 Å². The molecule has 1 aromatic rings. The Morgan fingerprint density at radius 2 is 1.83 bits per heavy atom. The molecule has 0 bridgehead atoms. The van der Waals surface area contributed by atoms with E-state index in [9.17, 15) is 4.79 Å². The highest BCUT2D eigenvalue weighted by molar-refractivity contribution is 5.83. The average molecular weight is 405 g/mol. The van der Waals surface area contributed by atoms with Gasteiger partial charge >= 0.3 is 5.97 Å². The van der Waals surface area contributed by atoms with Crippen LogP contribution >= 0.6 is 0 Å². The molecule has 0 spiro atoms. The second-order valence-corrected chi connectivity index (χ2v) is 8.83. The van der Waals surface area contributed by atoms with Gasteiger partial charge < -0.3 is 4.74 Å². The Bertz CT molecular complexity index is 861. The van der Waals surface area contributed by atoms with Gasteiger partial charge in [-0.1, -0.05) is 85.7 Å². The molecule has 0 radical (unpaired) electrons. The van der Waals surface area contributed by atoms with Gasteiger partial charge in [-0.25, -0.2) is 4.79 Å². The topological polar surface area (TPSA) is 26.3 Å². The second-order valence-electron chi connectivity index (χ2n) is 8.83. The first kappa shape index (κ1) is 23.7. The summed E-state index contributed by atoms with van der Waals surface area (Å²) in [4.78, 5) is 11.9. The van der Waals surface area contributed by atoms with Crippen molar-refractivity contribution in [1.29, 1.82) is 0 Å². The number of rotatable bonds is 8. The predicted molar refractivity (Wildman–Crippen MR) is 127 cm³/mol. The molecule has 0 unspecified atom stereocenters. The number of benzene rings is 1. The average Bonchev–Trinajstić information content (AvgIpc) is 2.68. The van der Waals surface area contributed by atoms with Crippen LogP contribution in [0.4, 0.5) is 0 Å². The molecule has 0 N–H and O–H groups in total. The maximum Gasteiger partial charge on any atom is 0.331 e. The van der Waals surface area contributed by atoms with Crippen molar-refractivity contribution in [2.75, 3.05) is 6.61 Å². The molecule has 30 heavy (non-hydrogen) atoms. The van der Waals surface area contributed by atoms with Gasteiger partial charge in [-0.05, 0) is 62.2 Å². The molecule has 1 aliphatic carbocycles. The first-order valence-corrected chi connectivity index (χ1v) is 10.9. The first-order valence-electron chi connectivity index (χ1n) is 10.9. The molecule has 160 valence electrons. The summed E-state index contributed by atoms with van der Waals surface area (Å²) in [6.45, 7) is 11.3. The summed E-state index contributed by atoms with van der Waals surface area (Å²) >= 11 is 0. The largest absolute Gasteiger partial charge is 0.462 e. The summed E-state index contributed by atoms with van der Waals surface area (Å²) in [5.41, 5.74) is 6.47. The molecule has 0 aromatic heterocycles. The fraction of sp³-hybridized carbons (Fsp3) is 0.393. The molecule has 2 heteroatoms. The van der Waals surface area contributed by atoms with Gasteiger partial charge in [-0.2, -0.15) is 0 Å². The molecular formula is C28H36O2. The molecule has 2 nitrogen and oxygen atoms in total. The van der Waals surface area contributed by atoms with Crippen LogP contribution in [0.3, 0.4) is 0 Å². The van der Waals surface area contributed by atoms with Gasteiger partial charge in [-0.15, -0.1) is 0 Å². The van der Waals surface area contributed by atoms with Crippen LogP contribution in [0.2, 0.25) is 0 Å². The van der Waals surface area contributed by atoms with Crippen molar-refractivity contribution in [1.82, 2.24) is 0 Å². The van der Waals surface area contributed by atoms with Crippen LogP contribution < -0.4 is 0 Å². The highest BCUT2D eigenvalue weighted by Gasteiger charge is 2.26. The lowest BCUT2D eigenvalue weighted by atomic mass is 9.72. The third-order valence-electron chi connectivity index (χ3n) is 5.60. The van der Waals surface area contributed by atoms with Crippen molar-refractivity contribution in [3.63, 3.8) is 0 Å². The Labute approximate surface area is 182 Å². The van der Waals surface area contributed by atoms with Gasteiger partial charge in [0, 0.05) is 12.5 Å². The van der Waals surface area contributed by atoms with Crippen molar-refractivity contribution in [3.8, 4) is 0 Å². The van der Waals surface area contributed by atoms with Crippen LogP contribution in [0, 0.1) is 5.41 Å². The van der Waals surface area contributed by atoms with Gasteiger partial charge in [0.05, 0.1) is 6.61 Å². The summed E-state index contributed by atoms with van der Waals surface area (Å²) in [5.74, 6) is -0.296. The third-order valence-corrected chi connectivity index (χ3v) is 5.60. The Morgan fingerprint density at radius 1 is 1.10 bits per heavy atom. The number of carbonyl (C=O) groups is 1. The molecule has 0 heterocycles. The smallest absolute Gasteiger partial charge is 0.331 e. The van der Waals surface area contributed by atoms with Crippen molar-refractivity contribution in [2.24, 2.45) is 5.41 Å². The van der Waals surface area contributed by atoms with E-state index >= 15 is 0 Å². The molecule has 0 aliphatic heterocycles. The molecular weight excluding hydrogens is 368 g/mol. The van der Waals surface area contributed by atoms with Crippen molar-refractivity contribution in [3.05, 3.63) is 94.6 Å². The second kappa shape index (κ2) is 11.5. The number of hydrogen-bond acceptors (Lipinski definition) is 2. The zero-order valence-corrected chi connectivity index (χ0v) is 19.2. The zero-order chi connectivity index (χ0) is 22.0. The van der Waals surface area contributed by atoms with Gasteiger partial charge in [0.1, 0.15) is 0 Å². The number of allylic oxidation sites excluding steroid dienone is 9. The van der Waals surface area contributed by atoms with E-state index in [1.54, 1.807) is 6.08 Å². The van der Waals surface area contributed by atoms with Gasteiger partial charge in [0.15, 0.2) is 0 Å². The highest BCUT2D eigenvalue weighted by atomic mass is 16.5. The van der Waals surface area contributed by atoms with E-state index in [1.807, 2.05) is 49.4 Å². The molecule has 0 amide bonds. The Kier molecular flexibility index (Phi) is 9.11. The normalized spacial score (nSPS) is 17.8. The number of carbonyl (C=O) groups excluding carboxylic acids is 1. The summed E-state index contributed by atoms with van der Waals surface area (Å²) < 4.78 is 5.30. The SMILES string of the molecule is CC(C=CC1=C(C)CCCC1(C)C)=CC=CC(C)=CC(=O)OCCc1ccccc1. The van der Waals surface area contributed by atoms with Crippen molar-refractivity contribution >= 4 is 5.97 Å². The zero-order valence-electron chi connectivity index (χ0n) is 19.2. The van der Waals surface area contributed by atoms with Gasteiger partial charge in [0.2, 0.25) is 0 Å². The minimum absolute atomic E-state index is 0.259. The molecule has 2 rings (SSSR count). The molecule has 1 aliphatic rings. The maximum atomic E-state index is 11.9. The van der Waals surface area contributed by atoms with E-state index in [1.165, 1.54) is 41.5 Å². The van der Waals surface area contributed by atoms with E-state index in [0.29, 0.717) is 6.61 Å². The fourth-order valence-electron chi connectivity index (χ4n) is 3.82. The molecule has 0 atom stereocenters. The Morgan fingerprint density at radius 3 is 2.53 bits per heavy atom. The Balaban J connectivity index is 1.85. The van der Waals surface area contributed by atoms with Crippen LogP contribution in [-0.2, 0) is 16.0 Å². The number of hydrogen-bond donors (Lipinski definition) is 0. The summed E-state index contributed by atoms with van der Waals surface area (Å²) in [5, 5.41) is 0. The van der Waals surface area contributed by atoms with Crippen molar-refractivity contribution < 1.29 is 9.53 Å². The lowest BCUT2D eigenvalue weighted by molar-refractivity contribution is -0.137. The molecule has 0 saturated heterocycles. The minimum Gasteiger partial charge on any atom is -0.462 e.